The summed E-state index contributed by atoms with van der Waals surface area (Å²) in [6, 6.07) is 21.1. The summed E-state index contributed by atoms with van der Waals surface area (Å²) in [5.74, 6) is 1.07. The second-order valence-electron chi connectivity index (χ2n) is 18.1. The molecule has 3 aromatic carbocycles. The number of carbonyl (C=O) groups excluding carboxylic acids is 4. The van der Waals surface area contributed by atoms with Crippen LogP contribution in [-0.4, -0.2) is 92.6 Å². The van der Waals surface area contributed by atoms with Gasteiger partial charge in [0.15, 0.2) is 0 Å². The van der Waals surface area contributed by atoms with Crippen molar-refractivity contribution in [2.24, 2.45) is 17.3 Å². The second-order valence-corrected chi connectivity index (χ2v) is 18.1. The highest BCUT2D eigenvalue weighted by molar-refractivity contribution is 5.91. The molecule has 5 atom stereocenters. The first-order valence-electron chi connectivity index (χ1n) is 21.9. The number of hydrogen-bond donors (Lipinski definition) is 4. The van der Waals surface area contributed by atoms with Gasteiger partial charge in [-0.25, -0.2) is 19.6 Å². The molecule has 2 bridgehead atoms. The molecule has 2 aliphatic carbocycles. The Hall–Kier alpha value is -6.95. The maximum absolute atomic E-state index is 14.0. The summed E-state index contributed by atoms with van der Waals surface area (Å²) < 4.78 is 9.59. The fourth-order valence-electron chi connectivity index (χ4n) is 9.30. The van der Waals surface area contributed by atoms with E-state index in [0.29, 0.717) is 18.3 Å². The molecule has 332 valence electrons. The normalized spacial score (nSPS) is 19.1. The van der Waals surface area contributed by atoms with Gasteiger partial charge in [-0.05, 0) is 94.5 Å². The van der Waals surface area contributed by atoms with Crippen LogP contribution in [0.2, 0.25) is 0 Å². The van der Waals surface area contributed by atoms with Gasteiger partial charge in [-0.1, -0.05) is 75.9 Å². The third kappa shape index (κ3) is 9.08. The summed E-state index contributed by atoms with van der Waals surface area (Å²) in [5.41, 5.74) is 5.99. The molecule has 4 amide bonds. The van der Waals surface area contributed by atoms with Crippen molar-refractivity contribution in [3.8, 4) is 39.7 Å². The minimum absolute atomic E-state index is 0.0340. The van der Waals surface area contributed by atoms with Gasteiger partial charge in [0.05, 0.1) is 63.1 Å². The van der Waals surface area contributed by atoms with Gasteiger partial charge in [-0.2, -0.15) is 5.26 Å². The van der Waals surface area contributed by atoms with Crippen molar-refractivity contribution in [3.63, 3.8) is 0 Å². The summed E-state index contributed by atoms with van der Waals surface area (Å²) in [6.45, 7) is 10.5. The SMILES string of the molecule is C=C(CC#N)C(NC(=O)OC)C(=O)N(Cc1ncc(-c2ccc3cc(-c4ccc(-c5cnc(C6C7CCC(C7)N6C(=O)C(NC(=O)OC)C(C)C)[nH]5)cc4)ccc3c2)[nH]1)CC1(C)CC1. The Balaban J connectivity index is 0.954. The van der Waals surface area contributed by atoms with Crippen LogP contribution in [0.25, 0.3) is 44.4 Å². The van der Waals surface area contributed by atoms with E-state index in [4.69, 9.17) is 14.5 Å². The molecule has 2 saturated carbocycles. The minimum atomic E-state index is -1.11. The number of imidazole rings is 2. The highest BCUT2D eigenvalue weighted by Gasteiger charge is 2.51. The highest BCUT2D eigenvalue weighted by Crippen LogP contribution is 2.50. The Morgan fingerprint density at radius 3 is 2.19 bits per heavy atom. The number of amides is 4. The highest BCUT2D eigenvalue weighted by atomic mass is 16.5. The van der Waals surface area contributed by atoms with Crippen LogP contribution in [-0.2, 0) is 25.6 Å². The molecule has 1 aliphatic heterocycles. The maximum atomic E-state index is 14.0. The Kier molecular flexibility index (Phi) is 12.3. The second kappa shape index (κ2) is 18.0. The molecule has 4 N–H and O–H groups in total. The number of methoxy groups -OCH3 is 2. The number of aromatic nitrogens is 4. The van der Waals surface area contributed by atoms with E-state index in [0.717, 1.165) is 82.3 Å². The largest absolute Gasteiger partial charge is 0.453 e. The van der Waals surface area contributed by atoms with Crippen LogP contribution in [0.4, 0.5) is 9.59 Å². The zero-order valence-corrected chi connectivity index (χ0v) is 36.9. The molecule has 1 saturated heterocycles. The number of likely N-dealkylation sites (tertiary alicyclic amines) is 1. The van der Waals surface area contributed by atoms with Gasteiger partial charge in [0.25, 0.3) is 0 Å². The summed E-state index contributed by atoms with van der Waals surface area (Å²) in [7, 11) is 2.52. The van der Waals surface area contributed by atoms with Gasteiger partial charge in [0, 0.05) is 18.2 Å². The Labute approximate surface area is 372 Å². The van der Waals surface area contributed by atoms with E-state index in [9.17, 15) is 24.4 Å². The number of fused-ring (bicyclic) bond motifs is 3. The maximum Gasteiger partial charge on any atom is 0.407 e. The summed E-state index contributed by atoms with van der Waals surface area (Å²) in [6.07, 6.45) is 6.98. The van der Waals surface area contributed by atoms with Crippen molar-refractivity contribution in [1.82, 2.24) is 40.4 Å². The number of nitriles is 1. The van der Waals surface area contributed by atoms with Crippen LogP contribution < -0.4 is 10.6 Å². The molecule has 8 rings (SSSR count). The average Bonchev–Trinajstić information content (AvgIpc) is 3.85. The van der Waals surface area contributed by atoms with Crippen molar-refractivity contribution in [2.45, 2.75) is 90.0 Å². The van der Waals surface area contributed by atoms with Gasteiger partial charge in [0.2, 0.25) is 11.8 Å². The number of benzene rings is 3. The van der Waals surface area contributed by atoms with Crippen LogP contribution in [0, 0.1) is 28.6 Å². The van der Waals surface area contributed by atoms with E-state index in [2.05, 4.69) is 93.7 Å². The zero-order valence-electron chi connectivity index (χ0n) is 36.9. The molecular weight excluding hydrogens is 811 g/mol. The third-order valence-corrected chi connectivity index (χ3v) is 13.2. The Morgan fingerprint density at radius 2 is 1.52 bits per heavy atom. The first-order valence-corrected chi connectivity index (χ1v) is 21.9. The lowest BCUT2D eigenvalue weighted by atomic mass is 9.95. The van der Waals surface area contributed by atoms with Crippen molar-refractivity contribution >= 4 is 34.8 Å². The predicted octanol–water partition coefficient (Wildman–Crippen LogP) is 8.04. The molecule has 15 heteroatoms. The molecular formula is C49H55N9O6. The number of rotatable bonds is 15. The third-order valence-electron chi connectivity index (χ3n) is 13.2. The fourth-order valence-corrected chi connectivity index (χ4v) is 9.30. The standard InChI is InChI=1S/C49H55N9O6/c1-28(2)41(55-47(61)63-5)46(60)58-37-16-15-36(23-37)43(58)44-52-25-38(54-44)31-9-7-30(8-10-31)32-11-12-34-22-35(14-13-33(34)21-32)39-24-51-40(53-39)26-57(27-49(4)18-19-49)45(59)42(29(3)17-20-50)56-48(62)64-6/h7-14,21-22,24-25,28,36-37,41-43H,3,15-19,23,26-27H2,1-2,4-6H3,(H,51,53)(H,52,54)(H,55,61)(H,56,62). The summed E-state index contributed by atoms with van der Waals surface area (Å²) >= 11 is 0. The van der Waals surface area contributed by atoms with E-state index in [1.165, 1.54) is 14.2 Å². The van der Waals surface area contributed by atoms with Crippen molar-refractivity contribution in [3.05, 3.63) is 96.9 Å². The molecule has 5 aromatic rings. The van der Waals surface area contributed by atoms with Crippen molar-refractivity contribution in [1.29, 1.82) is 5.26 Å². The van der Waals surface area contributed by atoms with Crippen molar-refractivity contribution < 1.29 is 28.7 Å². The summed E-state index contributed by atoms with van der Waals surface area (Å²) in [5, 5.41) is 16.7. The number of H-pyrrole nitrogens is 2. The van der Waals surface area contributed by atoms with Crippen LogP contribution in [0.3, 0.4) is 0 Å². The van der Waals surface area contributed by atoms with Crippen LogP contribution in [0.15, 0.2) is 85.2 Å². The van der Waals surface area contributed by atoms with Gasteiger partial charge in [0.1, 0.15) is 23.7 Å². The van der Waals surface area contributed by atoms with Crippen LogP contribution >= 0.6 is 0 Å². The number of ether oxygens (including phenoxy) is 2. The number of aromatic amines is 2. The van der Waals surface area contributed by atoms with Gasteiger partial charge in [-0.15, -0.1) is 0 Å². The quantitative estimate of drug-likeness (QED) is 0.0753. The molecule has 5 unspecified atom stereocenters. The van der Waals surface area contributed by atoms with E-state index in [-0.39, 0.29) is 53.8 Å². The lowest BCUT2D eigenvalue weighted by Crippen LogP contribution is -2.54. The number of nitrogens with one attached hydrogen (secondary N) is 4. The molecule has 3 heterocycles. The number of carbonyl (C=O) groups is 4. The first-order chi connectivity index (χ1) is 30.8. The fraction of sp³-hybridized carbons (Fsp3) is 0.408. The molecule has 0 radical (unpaired) electrons. The molecule has 64 heavy (non-hydrogen) atoms. The van der Waals surface area contributed by atoms with Gasteiger partial charge >= 0.3 is 12.2 Å². The van der Waals surface area contributed by atoms with Crippen LogP contribution in [0.1, 0.15) is 77.0 Å². The molecule has 2 aromatic heterocycles. The Morgan fingerprint density at radius 1 is 0.891 bits per heavy atom. The van der Waals surface area contributed by atoms with E-state index < -0.39 is 24.3 Å². The van der Waals surface area contributed by atoms with E-state index in [1.807, 2.05) is 37.1 Å². The Bertz CT molecular complexity index is 2620. The number of alkyl carbamates (subject to hydrolysis) is 2. The lowest BCUT2D eigenvalue weighted by Gasteiger charge is -2.37. The monoisotopic (exact) mass is 865 g/mol. The molecule has 3 fully saturated rings. The zero-order chi connectivity index (χ0) is 45.3. The van der Waals surface area contributed by atoms with E-state index >= 15 is 0 Å². The number of piperidine rings is 1. The topological polar surface area (TPSA) is 198 Å². The van der Waals surface area contributed by atoms with E-state index in [1.54, 1.807) is 11.1 Å². The molecule has 15 nitrogen and oxygen atoms in total. The number of nitrogens with zero attached hydrogens (tertiary/aromatic N) is 5. The predicted molar refractivity (Wildman–Crippen MR) is 241 cm³/mol. The van der Waals surface area contributed by atoms with Gasteiger partial charge in [-0.3, -0.25) is 9.59 Å². The first kappa shape index (κ1) is 43.7. The average molecular weight is 866 g/mol. The minimum Gasteiger partial charge on any atom is -0.453 e. The number of hydrogen-bond acceptors (Lipinski definition) is 9. The molecule has 0 spiro atoms. The van der Waals surface area contributed by atoms with Crippen molar-refractivity contribution in [2.75, 3.05) is 20.8 Å². The van der Waals surface area contributed by atoms with Gasteiger partial charge < -0.3 is 39.9 Å². The summed E-state index contributed by atoms with van der Waals surface area (Å²) in [4.78, 5) is 72.2. The molecule has 3 aliphatic rings. The smallest absolute Gasteiger partial charge is 0.407 e. The van der Waals surface area contributed by atoms with Crippen LogP contribution in [0.5, 0.6) is 0 Å². The lowest BCUT2D eigenvalue weighted by molar-refractivity contribution is -0.139.